The molecule has 1 aliphatic carbocycles. The van der Waals surface area contributed by atoms with Crippen LogP contribution in [-0.2, 0) is 0 Å². The summed E-state index contributed by atoms with van der Waals surface area (Å²) in [6, 6.07) is 0. The van der Waals surface area contributed by atoms with Crippen LogP contribution >= 0.6 is 0 Å². The molecule has 0 aromatic heterocycles. The summed E-state index contributed by atoms with van der Waals surface area (Å²) in [7, 11) is 0. The van der Waals surface area contributed by atoms with Crippen LogP contribution in [0, 0.1) is 11.8 Å². The third-order valence-corrected chi connectivity index (χ3v) is 2.25. The third kappa shape index (κ3) is 1.58. The van der Waals surface area contributed by atoms with Crippen LogP contribution in [0.15, 0.2) is 12.2 Å². The lowest BCUT2D eigenvalue weighted by molar-refractivity contribution is 0.174. The Morgan fingerprint density at radius 3 is 2.30 bits per heavy atom. The summed E-state index contributed by atoms with van der Waals surface area (Å²) in [6.45, 7) is 0.988. The molecule has 2 atom stereocenters. The number of aliphatic hydroxyl groups excluding tert-OH is 1. The first kappa shape index (κ1) is 7.76. The molecule has 0 saturated heterocycles. The number of allylic oxidation sites excluding steroid dienone is 2. The molecule has 0 fully saturated rings. The predicted octanol–water partition coefficient (Wildman–Crippen LogP) is 0.520. The van der Waals surface area contributed by atoms with Crippen LogP contribution in [-0.4, -0.2) is 18.3 Å². The highest BCUT2D eigenvalue weighted by molar-refractivity contribution is 4.94. The first-order chi connectivity index (χ1) is 4.88. The van der Waals surface area contributed by atoms with E-state index in [1.807, 2.05) is 0 Å². The number of aliphatic hydroxyl groups is 1. The lowest BCUT2D eigenvalue weighted by atomic mass is 9.84. The Balaban J connectivity index is 2.45. The lowest BCUT2D eigenvalue weighted by Crippen LogP contribution is -2.27. The zero-order valence-corrected chi connectivity index (χ0v) is 6.16. The largest absolute Gasteiger partial charge is 0.396 e. The van der Waals surface area contributed by atoms with Gasteiger partial charge in [0.05, 0.1) is 0 Å². The van der Waals surface area contributed by atoms with Crippen LogP contribution in [0.4, 0.5) is 0 Å². The molecule has 0 bridgehead atoms. The minimum absolute atomic E-state index is 0.284. The van der Waals surface area contributed by atoms with Crippen molar-refractivity contribution in [2.45, 2.75) is 12.8 Å². The minimum atomic E-state index is 0.284. The molecule has 0 heterocycles. The molecule has 3 N–H and O–H groups in total. The van der Waals surface area contributed by atoms with Crippen molar-refractivity contribution >= 4 is 0 Å². The summed E-state index contributed by atoms with van der Waals surface area (Å²) in [5, 5.41) is 8.90. The molecule has 1 rings (SSSR count). The van der Waals surface area contributed by atoms with E-state index in [2.05, 4.69) is 12.2 Å². The maximum absolute atomic E-state index is 8.90. The highest BCUT2D eigenvalue weighted by Gasteiger charge is 2.19. The highest BCUT2D eigenvalue weighted by atomic mass is 16.3. The van der Waals surface area contributed by atoms with Gasteiger partial charge >= 0.3 is 0 Å². The Hall–Kier alpha value is -0.340. The van der Waals surface area contributed by atoms with Gasteiger partial charge in [-0.25, -0.2) is 0 Å². The Morgan fingerprint density at radius 2 is 1.90 bits per heavy atom. The van der Waals surface area contributed by atoms with Crippen molar-refractivity contribution in [2.75, 3.05) is 13.2 Å². The maximum Gasteiger partial charge on any atom is 0.0465 e. The van der Waals surface area contributed by atoms with E-state index in [9.17, 15) is 0 Å². The molecule has 2 unspecified atom stereocenters. The Kier molecular flexibility index (Phi) is 2.90. The smallest absolute Gasteiger partial charge is 0.0465 e. The normalized spacial score (nSPS) is 32.6. The van der Waals surface area contributed by atoms with Crippen LogP contribution in [0.5, 0.6) is 0 Å². The zero-order valence-electron chi connectivity index (χ0n) is 6.16. The van der Waals surface area contributed by atoms with Gasteiger partial charge in [0, 0.05) is 6.61 Å². The van der Waals surface area contributed by atoms with E-state index in [1.54, 1.807) is 0 Å². The van der Waals surface area contributed by atoms with E-state index in [-0.39, 0.29) is 6.61 Å². The van der Waals surface area contributed by atoms with Gasteiger partial charge in [-0.1, -0.05) is 12.2 Å². The summed E-state index contributed by atoms with van der Waals surface area (Å²) in [6.07, 6.45) is 6.33. The first-order valence-electron chi connectivity index (χ1n) is 3.84. The van der Waals surface area contributed by atoms with Crippen molar-refractivity contribution in [3.05, 3.63) is 12.2 Å². The fourth-order valence-electron chi connectivity index (χ4n) is 1.44. The Morgan fingerprint density at radius 1 is 1.30 bits per heavy atom. The molecule has 2 nitrogen and oxygen atoms in total. The summed E-state index contributed by atoms with van der Waals surface area (Å²) >= 11 is 0. The molecule has 0 spiro atoms. The summed E-state index contributed by atoms with van der Waals surface area (Å²) in [4.78, 5) is 0. The molecular formula is C8H15NO. The second-order valence-corrected chi connectivity index (χ2v) is 2.88. The number of hydrogen-bond donors (Lipinski definition) is 2. The highest BCUT2D eigenvalue weighted by Crippen LogP contribution is 2.23. The van der Waals surface area contributed by atoms with Crippen molar-refractivity contribution < 1.29 is 5.11 Å². The van der Waals surface area contributed by atoms with Crippen molar-refractivity contribution in [3.63, 3.8) is 0 Å². The van der Waals surface area contributed by atoms with Gasteiger partial charge in [0.25, 0.3) is 0 Å². The molecule has 0 radical (unpaired) electrons. The molecule has 0 saturated carbocycles. The van der Waals surface area contributed by atoms with E-state index in [0.717, 1.165) is 12.8 Å². The van der Waals surface area contributed by atoms with Crippen LogP contribution in [0.25, 0.3) is 0 Å². The Labute approximate surface area is 61.7 Å². The summed E-state index contributed by atoms with van der Waals surface area (Å²) in [5.41, 5.74) is 5.52. The maximum atomic E-state index is 8.90. The van der Waals surface area contributed by atoms with Gasteiger partial charge in [-0.2, -0.15) is 0 Å². The van der Waals surface area contributed by atoms with Crippen LogP contribution in [0.2, 0.25) is 0 Å². The number of nitrogens with two attached hydrogens (primary N) is 1. The zero-order chi connectivity index (χ0) is 7.40. The molecule has 0 aromatic rings. The van der Waals surface area contributed by atoms with Crippen LogP contribution in [0.1, 0.15) is 12.8 Å². The van der Waals surface area contributed by atoms with Crippen molar-refractivity contribution in [3.8, 4) is 0 Å². The average molecular weight is 141 g/mol. The van der Waals surface area contributed by atoms with E-state index in [4.69, 9.17) is 10.8 Å². The van der Waals surface area contributed by atoms with Crippen molar-refractivity contribution in [1.82, 2.24) is 0 Å². The molecule has 0 aromatic carbocycles. The predicted molar refractivity (Wildman–Crippen MR) is 41.5 cm³/mol. The molecule has 2 heteroatoms. The molecule has 0 amide bonds. The van der Waals surface area contributed by atoms with Gasteiger partial charge in [0.1, 0.15) is 0 Å². The van der Waals surface area contributed by atoms with Gasteiger partial charge in [-0.3, -0.25) is 0 Å². The summed E-state index contributed by atoms with van der Waals surface area (Å²) < 4.78 is 0. The van der Waals surface area contributed by atoms with Crippen molar-refractivity contribution in [2.24, 2.45) is 17.6 Å². The van der Waals surface area contributed by atoms with E-state index < -0.39 is 0 Å². The van der Waals surface area contributed by atoms with Gasteiger partial charge in [-0.15, -0.1) is 0 Å². The molecule has 10 heavy (non-hydrogen) atoms. The molecule has 1 aliphatic rings. The van der Waals surface area contributed by atoms with Crippen molar-refractivity contribution in [1.29, 1.82) is 0 Å². The topological polar surface area (TPSA) is 46.2 Å². The number of hydrogen-bond acceptors (Lipinski definition) is 2. The monoisotopic (exact) mass is 141 g/mol. The van der Waals surface area contributed by atoms with E-state index >= 15 is 0 Å². The van der Waals surface area contributed by atoms with Gasteiger partial charge in [-0.05, 0) is 31.2 Å². The second kappa shape index (κ2) is 3.74. The molecule has 0 aliphatic heterocycles. The van der Waals surface area contributed by atoms with Crippen LogP contribution in [0.3, 0.4) is 0 Å². The van der Waals surface area contributed by atoms with Gasteiger partial charge in [0.15, 0.2) is 0 Å². The molecular weight excluding hydrogens is 126 g/mol. The van der Waals surface area contributed by atoms with Gasteiger partial charge in [0.2, 0.25) is 0 Å². The van der Waals surface area contributed by atoms with E-state index in [1.165, 1.54) is 0 Å². The van der Waals surface area contributed by atoms with Crippen LogP contribution < -0.4 is 5.73 Å². The van der Waals surface area contributed by atoms with E-state index in [0.29, 0.717) is 18.4 Å². The Bertz CT molecular complexity index is 108. The standard InChI is InChI=1S/C8H15NO/c9-5-7-3-1-2-4-8(7)6-10/h1-2,7-8,10H,3-6,9H2. The SMILES string of the molecule is NCC1CC=CCC1CO. The fourth-order valence-corrected chi connectivity index (χ4v) is 1.44. The minimum Gasteiger partial charge on any atom is -0.396 e. The first-order valence-corrected chi connectivity index (χ1v) is 3.84. The fraction of sp³-hybridized carbons (Fsp3) is 0.750. The second-order valence-electron chi connectivity index (χ2n) is 2.88. The van der Waals surface area contributed by atoms with Gasteiger partial charge < -0.3 is 10.8 Å². The number of rotatable bonds is 2. The molecule has 58 valence electrons. The quantitative estimate of drug-likeness (QED) is 0.551. The summed E-state index contributed by atoms with van der Waals surface area (Å²) in [5.74, 6) is 0.921. The third-order valence-electron chi connectivity index (χ3n) is 2.25. The lowest BCUT2D eigenvalue weighted by Gasteiger charge is -2.25. The average Bonchev–Trinajstić information content (AvgIpc) is 2.04.